The summed E-state index contributed by atoms with van der Waals surface area (Å²) in [7, 11) is 0. The highest BCUT2D eigenvalue weighted by Gasteiger charge is 2.18. The van der Waals surface area contributed by atoms with Crippen molar-refractivity contribution in [2.45, 2.75) is 20.3 Å². The molecule has 1 heterocycles. The predicted octanol–water partition coefficient (Wildman–Crippen LogP) is 3.82. The van der Waals surface area contributed by atoms with E-state index in [-0.39, 0.29) is 5.91 Å². The lowest BCUT2D eigenvalue weighted by Crippen LogP contribution is -2.40. The molecule has 1 amide bonds. The van der Waals surface area contributed by atoms with Crippen LogP contribution in [0.15, 0.2) is 42.5 Å². The van der Waals surface area contributed by atoms with E-state index >= 15 is 0 Å². The smallest absolute Gasteiger partial charge is 0.254 e. The fourth-order valence-electron chi connectivity index (χ4n) is 2.84. The van der Waals surface area contributed by atoms with Crippen LogP contribution < -0.4 is 4.74 Å². The fourth-order valence-corrected chi connectivity index (χ4v) is 2.84. The first-order valence-corrected chi connectivity index (χ1v) is 8.42. The number of carbonyl (C=O) groups excluding carboxylic acids is 1. The molecule has 0 atom stereocenters. The minimum absolute atomic E-state index is 0.0495. The number of ether oxygens (including phenoxy) is 2. The second-order valence-corrected chi connectivity index (χ2v) is 5.97. The number of hydrogen-bond acceptors (Lipinski definition) is 3. The molecule has 1 saturated heterocycles. The summed E-state index contributed by atoms with van der Waals surface area (Å²) in [5.41, 5.74) is 3.24. The minimum atomic E-state index is 0.0495. The van der Waals surface area contributed by atoms with Crippen LogP contribution in [0.4, 0.5) is 0 Å². The molecule has 0 aliphatic carbocycles. The van der Waals surface area contributed by atoms with Crippen molar-refractivity contribution in [1.29, 1.82) is 0 Å². The third kappa shape index (κ3) is 3.77. The average Bonchev–Trinajstić information content (AvgIpc) is 2.64. The van der Waals surface area contributed by atoms with Crippen LogP contribution in [0.2, 0.25) is 0 Å². The van der Waals surface area contributed by atoms with Gasteiger partial charge in [-0.2, -0.15) is 0 Å². The number of hydrogen-bond donors (Lipinski definition) is 0. The predicted molar refractivity (Wildman–Crippen MR) is 93.8 cm³/mol. The Hall–Kier alpha value is -2.33. The Bertz CT molecular complexity index is 703. The van der Waals surface area contributed by atoms with Gasteiger partial charge in [0.1, 0.15) is 11.5 Å². The number of nitrogens with zero attached hydrogens (tertiary/aromatic N) is 1. The molecule has 24 heavy (non-hydrogen) atoms. The second kappa shape index (κ2) is 7.49. The zero-order valence-corrected chi connectivity index (χ0v) is 14.2. The zero-order chi connectivity index (χ0) is 16.9. The van der Waals surface area contributed by atoms with Gasteiger partial charge in [0.15, 0.2) is 0 Å². The summed E-state index contributed by atoms with van der Waals surface area (Å²) in [6.45, 7) is 6.77. The molecule has 3 rings (SSSR count). The maximum absolute atomic E-state index is 12.4. The summed E-state index contributed by atoms with van der Waals surface area (Å²) in [4.78, 5) is 14.2. The quantitative estimate of drug-likeness (QED) is 0.858. The van der Waals surface area contributed by atoms with Crippen LogP contribution in [0, 0.1) is 6.92 Å². The summed E-state index contributed by atoms with van der Waals surface area (Å²) in [6.07, 6.45) is 0.982. The maximum atomic E-state index is 12.4. The van der Waals surface area contributed by atoms with Crippen molar-refractivity contribution >= 4 is 5.91 Å². The molecular formula is C20H23NO3. The topological polar surface area (TPSA) is 38.8 Å². The lowest BCUT2D eigenvalue weighted by atomic mass is 10.1. The van der Waals surface area contributed by atoms with Crippen molar-refractivity contribution in [1.82, 2.24) is 4.90 Å². The first kappa shape index (κ1) is 16.5. The van der Waals surface area contributed by atoms with Gasteiger partial charge in [0.25, 0.3) is 5.91 Å². The van der Waals surface area contributed by atoms with Crippen molar-refractivity contribution < 1.29 is 14.3 Å². The Morgan fingerprint density at radius 3 is 2.42 bits per heavy atom. The van der Waals surface area contributed by atoms with Crippen LogP contribution >= 0.6 is 0 Å². The maximum Gasteiger partial charge on any atom is 0.254 e. The first-order valence-electron chi connectivity index (χ1n) is 8.42. The van der Waals surface area contributed by atoms with Crippen molar-refractivity contribution in [3.8, 4) is 11.5 Å². The van der Waals surface area contributed by atoms with Crippen LogP contribution in [-0.2, 0) is 11.2 Å². The van der Waals surface area contributed by atoms with E-state index in [0.717, 1.165) is 17.9 Å². The molecule has 0 unspecified atom stereocenters. The first-order chi connectivity index (χ1) is 11.7. The number of amides is 1. The normalized spacial score (nSPS) is 14.5. The van der Waals surface area contributed by atoms with Gasteiger partial charge in [0, 0.05) is 18.7 Å². The molecule has 1 fully saturated rings. The lowest BCUT2D eigenvalue weighted by molar-refractivity contribution is 0.0303. The summed E-state index contributed by atoms with van der Waals surface area (Å²) in [5, 5.41) is 0. The highest BCUT2D eigenvalue weighted by atomic mass is 16.5. The third-order valence-corrected chi connectivity index (χ3v) is 4.34. The summed E-state index contributed by atoms with van der Waals surface area (Å²) in [5.74, 6) is 1.61. The van der Waals surface area contributed by atoms with E-state index in [1.54, 1.807) is 0 Å². The molecular weight excluding hydrogens is 302 g/mol. The van der Waals surface area contributed by atoms with E-state index in [1.807, 2.05) is 35.2 Å². The Morgan fingerprint density at radius 2 is 1.75 bits per heavy atom. The Balaban J connectivity index is 1.69. The minimum Gasteiger partial charge on any atom is -0.457 e. The van der Waals surface area contributed by atoms with E-state index < -0.39 is 0 Å². The van der Waals surface area contributed by atoms with Gasteiger partial charge in [0.2, 0.25) is 0 Å². The number of rotatable bonds is 4. The lowest BCUT2D eigenvalue weighted by Gasteiger charge is -2.26. The van der Waals surface area contributed by atoms with Gasteiger partial charge in [-0.3, -0.25) is 4.79 Å². The van der Waals surface area contributed by atoms with Crippen molar-refractivity contribution in [3.63, 3.8) is 0 Å². The molecule has 0 N–H and O–H groups in total. The molecule has 2 aromatic rings. The summed E-state index contributed by atoms with van der Waals surface area (Å²) < 4.78 is 11.2. The van der Waals surface area contributed by atoms with Gasteiger partial charge in [-0.1, -0.05) is 13.0 Å². The Morgan fingerprint density at radius 1 is 1.08 bits per heavy atom. The molecule has 1 aliphatic rings. The van der Waals surface area contributed by atoms with Gasteiger partial charge in [-0.15, -0.1) is 0 Å². The SMILES string of the molecule is CCc1cc(Oc2ccc(C(=O)N3CCOCC3)cc2)ccc1C. The van der Waals surface area contributed by atoms with Crippen molar-refractivity contribution in [3.05, 3.63) is 59.2 Å². The van der Waals surface area contributed by atoms with E-state index in [2.05, 4.69) is 26.0 Å². The molecule has 126 valence electrons. The largest absolute Gasteiger partial charge is 0.457 e. The Kier molecular flexibility index (Phi) is 5.16. The fraction of sp³-hybridized carbons (Fsp3) is 0.350. The third-order valence-electron chi connectivity index (χ3n) is 4.34. The molecule has 1 aliphatic heterocycles. The average molecular weight is 325 g/mol. The summed E-state index contributed by atoms with van der Waals surface area (Å²) in [6, 6.07) is 13.5. The van der Waals surface area contributed by atoms with Crippen LogP contribution in [0.3, 0.4) is 0 Å². The molecule has 0 radical (unpaired) electrons. The molecule has 0 bridgehead atoms. The van der Waals surface area contributed by atoms with Crippen molar-refractivity contribution in [2.24, 2.45) is 0 Å². The van der Waals surface area contributed by atoms with Gasteiger partial charge in [-0.05, 0) is 60.9 Å². The van der Waals surface area contributed by atoms with E-state index in [1.165, 1.54) is 11.1 Å². The number of morpholine rings is 1. The van der Waals surface area contributed by atoms with Gasteiger partial charge < -0.3 is 14.4 Å². The van der Waals surface area contributed by atoms with E-state index in [4.69, 9.17) is 9.47 Å². The van der Waals surface area contributed by atoms with Gasteiger partial charge in [-0.25, -0.2) is 0 Å². The Labute approximate surface area is 143 Å². The molecule has 0 spiro atoms. The van der Waals surface area contributed by atoms with Crippen LogP contribution in [0.25, 0.3) is 0 Å². The van der Waals surface area contributed by atoms with Crippen LogP contribution in [0.5, 0.6) is 11.5 Å². The van der Waals surface area contributed by atoms with E-state index in [0.29, 0.717) is 31.9 Å². The monoisotopic (exact) mass is 325 g/mol. The molecule has 2 aromatic carbocycles. The van der Waals surface area contributed by atoms with Gasteiger partial charge in [0.05, 0.1) is 13.2 Å². The second-order valence-electron chi connectivity index (χ2n) is 5.97. The van der Waals surface area contributed by atoms with Gasteiger partial charge >= 0.3 is 0 Å². The molecule has 0 aromatic heterocycles. The number of benzene rings is 2. The molecule has 4 heteroatoms. The number of aryl methyl sites for hydroxylation is 2. The highest BCUT2D eigenvalue weighted by molar-refractivity contribution is 5.94. The number of carbonyl (C=O) groups is 1. The molecule has 0 saturated carbocycles. The van der Waals surface area contributed by atoms with E-state index in [9.17, 15) is 4.79 Å². The zero-order valence-electron chi connectivity index (χ0n) is 14.2. The molecule has 4 nitrogen and oxygen atoms in total. The van der Waals surface area contributed by atoms with Crippen LogP contribution in [-0.4, -0.2) is 37.1 Å². The van der Waals surface area contributed by atoms with Crippen LogP contribution in [0.1, 0.15) is 28.4 Å². The van der Waals surface area contributed by atoms with Crippen molar-refractivity contribution in [2.75, 3.05) is 26.3 Å². The summed E-state index contributed by atoms with van der Waals surface area (Å²) >= 11 is 0. The highest BCUT2D eigenvalue weighted by Crippen LogP contribution is 2.25. The standard InChI is InChI=1S/C20H23NO3/c1-3-16-14-19(7-4-15(16)2)24-18-8-5-17(6-9-18)20(22)21-10-12-23-13-11-21/h4-9,14H,3,10-13H2,1-2H3.